The van der Waals surface area contributed by atoms with Crippen molar-refractivity contribution in [3.05, 3.63) is 78.4 Å². The number of aryl methyl sites for hydroxylation is 1. The van der Waals surface area contributed by atoms with Crippen molar-refractivity contribution in [2.24, 2.45) is 0 Å². The Morgan fingerprint density at radius 3 is 2.62 bits per heavy atom. The van der Waals surface area contributed by atoms with Gasteiger partial charge in [-0.2, -0.15) is 0 Å². The van der Waals surface area contributed by atoms with E-state index in [4.69, 9.17) is 4.74 Å². The van der Waals surface area contributed by atoms with Gasteiger partial charge in [0.15, 0.2) is 6.61 Å². The highest BCUT2D eigenvalue weighted by Crippen LogP contribution is 2.26. The molecule has 0 heterocycles. The zero-order valence-corrected chi connectivity index (χ0v) is 15.4. The van der Waals surface area contributed by atoms with Crippen molar-refractivity contribution in [1.82, 2.24) is 0 Å². The van der Waals surface area contributed by atoms with Crippen LogP contribution in [0.1, 0.15) is 11.1 Å². The minimum atomic E-state index is -0.560. The van der Waals surface area contributed by atoms with Gasteiger partial charge in [-0.15, -0.1) is 18.3 Å². The molecule has 0 aromatic heterocycles. The molecule has 1 N–H and O–H groups in total. The largest absolute Gasteiger partial charge is 0.452 e. The van der Waals surface area contributed by atoms with Crippen molar-refractivity contribution in [3.8, 4) is 0 Å². The van der Waals surface area contributed by atoms with Gasteiger partial charge in [-0.25, -0.2) is 4.79 Å². The van der Waals surface area contributed by atoms with Gasteiger partial charge in [-0.1, -0.05) is 48.0 Å². The first-order valence-corrected chi connectivity index (χ1v) is 9.11. The molecule has 134 valence electrons. The summed E-state index contributed by atoms with van der Waals surface area (Å²) < 4.78 is 4.98. The van der Waals surface area contributed by atoms with E-state index in [0.29, 0.717) is 5.69 Å². The summed E-state index contributed by atoms with van der Waals surface area (Å²) in [6.07, 6.45) is 4.76. The number of carbonyl (C=O) groups excluding carboxylic acids is 2. The highest BCUT2D eigenvalue weighted by atomic mass is 32.2. The zero-order chi connectivity index (χ0) is 18.8. The minimum absolute atomic E-state index is 0.336. The van der Waals surface area contributed by atoms with Crippen molar-refractivity contribution in [1.29, 1.82) is 0 Å². The van der Waals surface area contributed by atoms with E-state index in [2.05, 4.69) is 11.9 Å². The van der Waals surface area contributed by atoms with Gasteiger partial charge in [0.05, 0.1) is 5.69 Å². The molecule has 0 unspecified atom stereocenters. The van der Waals surface area contributed by atoms with E-state index in [1.807, 2.05) is 55.5 Å². The third kappa shape index (κ3) is 6.61. The highest BCUT2D eigenvalue weighted by Gasteiger charge is 2.08. The van der Waals surface area contributed by atoms with Crippen LogP contribution in [0.5, 0.6) is 0 Å². The van der Waals surface area contributed by atoms with E-state index >= 15 is 0 Å². The lowest BCUT2D eigenvalue weighted by Gasteiger charge is -2.10. The van der Waals surface area contributed by atoms with Crippen molar-refractivity contribution >= 4 is 35.4 Å². The number of para-hydroxylation sites is 1. The lowest BCUT2D eigenvalue weighted by atomic mass is 10.1. The number of rotatable bonds is 8. The van der Waals surface area contributed by atoms with Crippen LogP contribution >= 0.6 is 11.8 Å². The summed E-state index contributed by atoms with van der Waals surface area (Å²) in [6, 6.07) is 15.2. The Balaban J connectivity index is 1.84. The van der Waals surface area contributed by atoms with E-state index in [9.17, 15) is 9.59 Å². The van der Waals surface area contributed by atoms with Gasteiger partial charge >= 0.3 is 5.97 Å². The topological polar surface area (TPSA) is 55.4 Å². The van der Waals surface area contributed by atoms with Crippen LogP contribution < -0.4 is 5.32 Å². The Morgan fingerprint density at radius 2 is 1.88 bits per heavy atom. The van der Waals surface area contributed by atoms with Gasteiger partial charge in [0.1, 0.15) is 0 Å². The van der Waals surface area contributed by atoms with Crippen LogP contribution in [-0.4, -0.2) is 24.2 Å². The Morgan fingerprint density at radius 1 is 1.15 bits per heavy atom. The molecule has 2 aromatic carbocycles. The standard InChI is InChI=1S/C21H21NO3S/c1-3-14-26-19-7-5-4-6-18(19)22-20(23)15-25-21(24)13-12-17-10-8-16(2)9-11-17/h3-13H,1,14-15H2,2H3,(H,22,23)/b13-12+. The molecule has 2 rings (SSSR count). The van der Waals surface area contributed by atoms with E-state index in [-0.39, 0.29) is 12.5 Å². The molecular weight excluding hydrogens is 346 g/mol. The predicted octanol–water partition coefficient (Wildman–Crippen LogP) is 4.47. The Labute approximate surface area is 158 Å². The second kappa shape index (κ2) is 10.3. The number of esters is 1. The monoisotopic (exact) mass is 367 g/mol. The Hall–Kier alpha value is -2.79. The summed E-state index contributed by atoms with van der Waals surface area (Å²) in [6.45, 7) is 5.35. The fourth-order valence-corrected chi connectivity index (χ4v) is 2.80. The SMILES string of the molecule is C=CCSc1ccccc1NC(=O)COC(=O)/C=C/c1ccc(C)cc1. The molecule has 2 aromatic rings. The van der Waals surface area contributed by atoms with Crippen LogP contribution in [0.3, 0.4) is 0 Å². The summed E-state index contributed by atoms with van der Waals surface area (Å²) in [5.41, 5.74) is 2.73. The molecule has 0 aliphatic rings. The maximum absolute atomic E-state index is 12.0. The molecule has 0 bridgehead atoms. The third-order valence-electron chi connectivity index (χ3n) is 3.35. The number of carbonyl (C=O) groups is 2. The van der Waals surface area contributed by atoms with Gasteiger partial charge in [-0.3, -0.25) is 4.79 Å². The lowest BCUT2D eigenvalue weighted by Crippen LogP contribution is -2.20. The van der Waals surface area contributed by atoms with Crippen LogP contribution in [0.25, 0.3) is 6.08 Å². The van der Waals surface area contributed by atoms with Gasteiger partial charge in [0.2, 0.25) is 0 Å². The van der Waals surface area contributed by atoms with Gasteiger partial charge < -0.3 is 10.1 Å². The van der Waals surface area contributed by atoms with Crippen molar-refractivity contribution < 1.29 is 14.3 Å². The quantitative estimate of drug-likeness (QED) is 0.324. The van der Waals surface area contributed by atoms with E-state index in [1.54, 1.807) is 23.9 Å². The number of hydrogen-bond donors (Lipinski definition) is 1. The molecule has 0 saturated carbocycles. The normalized spacial score (nSPS) is 10.5. The molecule has 0 fully saturated rings. The van der Waals surface area contributed by atoms with Crippen molar-refractivity contribution in [3.63, 3.8) is 0 Å². The van der Waals surface area contributed by atoms with E-state index in [0.717, 1.165) is 21.8 Å². The first-order chi connectivity index (χ1) is 12.6. The maximum Gasteiger partial charge on any atom is 0.331 e. The minimum Gasteiger partial charge on any atom is -0.452 e. The Kier molecular flexibility index (Phi) is 7.71. The molecular formula is C21H21NO3S. The average molecular weight is 367 g/mol. The van der Waals surface area contributed by atoms with Crippen LogP contribution in [0, 0.1) is 6.92 Å². The van der Waals surface area contributed by atoms with Gasteiger partial charge in [-0.05, 0) is 30.7 Å². The summed E-state index contributed by atoms with van der Waals surface area (Å²) in [7, 11) is 0. The Bertz CT molecular complexity index is 797. The molecule has 0 aliphatic carbocycles. The fourth-order valence-electron chi connectivity index (χ4n) is 2.06. The molecule has 0 saturated heterocycles. The number of ether oxygens (including phenoxy) is 1. The average Bonchev–Trinajstić information content (AvgIpc) is 2.65. The van der Waals surface area contributed by atoms with E-state index in [1.165, 1.54) is 6.08 Å². The lowest BCUT2D eigenvalue weighted by molar-refractivity contribution is -0.142. The van der Waals surface area contributed by atoms with Gasteiger partial charge in [0.25, 0.3) is 5.91 Å². The molecule has 0 atom stereocenters. The molecule has 4 nitrogen and oxygen atoms in total. The second-order valence-corrected chi connectivity index (χ2v) is 6.56. The number of thioether (sulfide) groups is 1. The van der Waals surface area contributed by atoms with Gasteiger partial charge in [0, 0.05) is 16.7 Å². The van der Waals surface area contributed by atoms with Crippen LogP contribution in [0.4, 0.5) is 5.69 Å². The predicted molar refractivity (Wildman–Crippen MR) is 107 cm³/mol. The number of nitrogens with one attached hydrogen (secondary N) is 1. The first-order valence-electron chi connectivity index (χ1n) is 8.12. The first kappa shape index (κ1) is 19.5. The summed E-state index contributed by atoms with van der Waals surface area (Å²) in [5.74, 6) is -0.199. The second-order valence-electron chi connectivity index (χ2n) is 5.50. The number of benzene rings is 2. The molecule has 26 heavy (non-hydrogen) atoms. The smallest absolute Gasteiger partial charge is 0.331 e. The van der Waals surface area contributed by atoms with Crippen molar-refractivity contribution in [2.45, 2.75) is 11.8 Å². The summed E-state index contributed by atoms with van der Waals surface area (Å²) in [4.78, 5) is 24.7. The molecule has 5 heteroatoms. The molecule has 0 radical (unpaired) electrons. The van der Waals surface area contributed by atoms with Crippen molar-refractivity contribution in [2.75, 3.05) is 17.7 Å². The van der Waals surface area contributed by atoms with Crippen LogP contribution in [0.15, 0.2) is 72.2 Å². The highest BCUT2D eigenvalue weighted by molar-refractivity contribution is 7.99. The van der Waals surface area contributed by atoms with Crippen LogP contribution in [-0.2, 0) is 14.3 Å². The summed E-state index contributed by atoms with van der Waals surface area (Å²) in [5, 5.41) is 2.76. The van der Waals surface area contributed by atoms with E-state index < -0.39 is 5.97 Å². The molecule has 1 amide bonds. The summed E-state index contributed by atoms with van der Waals surface area (Å²) >= 11 is 1.57. The fraction of sp³-hybridized carbons (Fsp3) is 0.143. The molecule has 0 spiro atoms. The molecule has 0 aliphatic heterocycles. The third-order valence-corrected chi connectivity index (χ3v) is 4.42. The maximum atomic E-state index is 12.0. The number of hydrogen-bond acceptors (Lipinski definition) is 4. The van der Waals surface area contributed by atoms with Crippen LogP contribution in [0.2, 0.25) is 0 Å². The number of amides is 1. The zero-order valence-electron chi connectivity index (χ0n) is 14.6. The number of anilines is 1.